The summed E-state index contributed by atoms with van der Waals surface area (Å²) >= 11 is 0. The van der Waals surface area contributed by atoms with Gasteiger partial charge in [0.25, 0.3) is 0 Å². The minimum atomic E-state index is -3.63. The fourth-order valence-electron chi connectivity index (χ4n) is 2.20. The fraction of sp³-hybridized carbons (Fsp3) is 0.538. The van der Waals surface area contributed by atoms with Crippen LogP contribution in [0.4, 0.5) is 0 Å². The predicted octanol–water partition coefficient (Wildman–Crippen LogP) is 0.0306. The third kappa shape index (κ3) is 4.03. The first-order valence-electron chi connectivity index (χ1n) is 6.75. The highest BCUT2D eigenvalue weighted by Crippen LogP contribution is 2.19. The van der Waals surface area contributed by atoms with Crippen LogP contribution >= 0.6 is 0 Å². The second kappa shape index (κ2) is 6.43. The van der Waals surface area contributed by atoms with Crippen LogP contribution in [0.1, 0.15) is 12.0 Å². The molecule has 2 rings (SSSR count). The highest BCUT2D eigenvalue weighted by Gasteiger charge is 2.30. The highest BCUT2D eigenvalue weighted by atomic mass is 32.2. The summed E-state index contributed by atoms with van der Waals surface area (Å²) in [6.45, 7) is 0.121. The average molecular weight is 333 g/mol. The Balaban J connectivity index is 2.12. The third-order valence-electron chi connectivity index (χ3n) is 3.49. The van der Waals surface area contributed by atoms with Crippen molar-refractivity contribution in [3.05, 3.63) is 29.8 Å². The van der Waals surface area contributed by atoms with Crippen molar-refractivity contribution in [1.29, 1.82) is 0 Å². The van der Waals surface area contributed by atoms with Crippen molar-refractivity contribution in [2.45, 2.75) is 17.7 Å². The summed E-state index contributed by atoms with van der Waals surface area (Å²) in [4.78, 5) is 0.176. The Bertz CT molecular complexity index is 666. The molecule has 118 valence electrons. The lowest BCUT2D eigenvalue weighted by Gasteiger charge is -2.26. The zero-order valence-electron chi connectivity index (χ0n) is 11.6. The Labute approximate surface area is 125 Å². The largest absolute Gasteiger partial charge is 0.396 e. The Hall–Kier alpha value is -0.960. The number of hydrogen-bond acceptors (Lipinski definition) is 5. The first kappa shape index (κ1) is 16.4. The number of nitrogens with zero attached hydrogens (tertiary/aromatic N) is 1. The molecule has 0 bridgehead atoms. The van der Waals surface area contributed by atoms with E-state index in [-0.39, 0.29) is 36.1 Å². The number of hydrogen-bond donors (Lipinski definition) is 1. The zero-order chi connectivity index (χ0) is 15.5. The van der Waals surface area contributed by atoms with Crippen LogP contribution < -0.4 is 0 Å². The van der Waals surface area contributed by atoms with Crippen LogP contribution in [0.25, 0.3) is 0 Å². The number of benzene rings is 1. The van der Waals surface area contributed by atoms with Crippen molar-refractivity contribution in [1.82, 2.24) is 4.31 Å². The Morgan fingerprint density at radius 1 is 1.10 bits per heavy atom. The highest BCUT2D eigenvalue weighted by molar-refractivity contribution is 7.92. The van der Waals surface area contributed by atoms with E-state index in [0.29, 0.717) is 12.8 Å². The SMILES string of the molecule is O=S1(=O)CCN(S(=O)(=O)c2ccc(CCCO)cc2)CC1. The Morgan fingerprint density at radius 2 is 1.67 bits per heavy atom. The lowest BCUT2D eigenvalue weighted by Crippen LogP contribution is -2.43. The molecule has 6 nitrogen and oxygen atoms in total. The van der Waals surface area contributed by atoms with Crippen LogP contribution in [0.15, 0.2) is 29.2 Å². The molecule has 1 N–H and O–H groups in total. The maximum atomic E-state index is 12.4. The Morgan fingerprint density at radius 3 is 2.19 bits per heavy atom. The molecular weight excluding hydrogens is 314 g/mol. The van der Waals surface area contributed by atoms with Gasteiger partial charge in [-0.15, -0.1) is 0 Å². The zero-order valence-corrected chi connectivity index (χ0v) is 13.2. The van der Waals surface area contributed by atoms with Gasteiger partial charge < -0.3 is 5.11 Å². The summed E-state index contributed by atoms with van der Waals surface area (Å²) in [7, 11) is -6.73. The van der Waals surface area contributed by atoms with Crippen LogP contribution in [0, 0.1) is 0 Å². The maximum Gasteiger partial charge on any atom is 0.243 e. The van der Waals surface area contributed by atoms with E-state index in [1.807, 2.05) is 0 Å². The van der Waals surface area contributed by atoms with Crippen LogP contribution in [-0.4, -0.2) is 57.4 Å². The smallest absolute Gasteiger partial charge is 0.243 e. The van der Waals surface area contributed by atoms with Crippen molar-refractivity contribution in [2.24, 2.45) is 0 Å². The van der Waals surface area contributed by atoms with Crippen LogP contribution in [-0.2, 0) is 26.3 Å². The van der Waals surface area contributed by atoms with Gasteiger partial charge >= 0.3 is 0 Å². The molecule has 0 radical (unpaired) electrons. The van der Waals surface area contributed by atoms with E-state index in [1.54, 1.807) is 12.1 Å². The molecule has 0 saturated carbocycles. The summed E-state index contributed by atoms with van der Waals surface area (Å²) < 4.78 is 48.8. The van der Waals surface area contributed by atoms with Crippen LogP contribution in [0.3, 0.4) is 0 Å². The quantitative estimate of drug-likeness (QED) is 0.821. The number of sulfonamides is 1. The summed E-state index contributed by atoms with van der Waals surface area (Å²) in [6, 6.07) is 6.52. The maximum absolute atomic E-state index is 12.4. The minimum Gasteiger partial charge on any atom is -0.396 e. The summed E-state index contributed by atoms with van der Waals surface area (Å²) in [6.07, 6.45) is 1.33. The van der Waals surface area contributed by atoms with E-state index < -0.39 is 19.9 Å². The molecule has 21 heavy (non-hydrogen) atoms. The van der Waals surface area contributed by atoms with Gasteiger partial charge in [-0.1, -0.05) is 12.1 Å². The van der Waals surface area contributed by atoms with Gasteiger partial charge in [0, 0.05) is 19.7 Å². The van der Waals surface area contributed by atoms with Crippen molar-refractivity contribution < 1.29 is 21.9 Å². The molecule has 0 amide bonds. The first-order chi connectivity index (χ1) is 9.85. The molecule has 8 heteroatoms. The molecule has 1 saturated heterocycles. The van der Waals surface area contributed by atoms with Gasteiger partial charge in [-0.25, -0.2) is 16.8 Å². The lowest BCUT2D eigenvalue weighted by atomic mass is 10.1. The summed E-state index contributed by atoms with van der Waals surface area (Å²) in [5.41, 5.74) is 0.962. The lowest BCUT2D eigenvalue weighted by molar-refractivity contribution is 0.288. The molecule has 0 aromatic heterocycles. The van der Waals surface area contributed by atoms with E-state index in [1.165, 1.54) is 16.4 Å². The number of rotatable bonds is 5. The van der Waals surface area contributed by atoms with E-state index in [9.17, 15) is 16.8 Å². The molecule has 0 unspecified atom stereocenters. The van der Waals surface area contributed by atoms with Gasteiger partial charge in [0.1, 0.15) is 0 Å². The van der Waals surface area contributed by atoms with Gasteiger partial charge in [-0.05, 0) is 30.5 Å². The predicted molar refractivity (Wildman–Crippen MR) is 79.3 cm³/mol. The molecule has 1 fully saturated rings. The van der Waals surface area contributed by atoms with Gasteiger partial charge in [0.15, 0.2) is 9.84 Å². The summed E-state index contributed by atoms with van der Waals surface area (Å²) in [5, 5.41) is 8.77. The minimum absolute atomic E-state index is 0.0108. The fourth-order valence-corrected chi connectivity index (χ4v) is 5.07. The van der Waals surface area contributed by atoms with E-state index in [4.69, 9.17) is 5.11 Å². The standard InChI is InChI=1S/C13H19NO5S2/c15-9-1-2-12-3-5-13(6-4-12)21(18,19)14-7-10-20(16,17)11-8-14/h3-6,15H,1-2,7-11H2. The molecular formula is C13H19NO5S2. The molecule has 1 aromatic rings. The van der Waals surface area contributed by atoms with Crippen molar-refractivity contribution in [3.8, 4) is 0 Å². The molecule has 0 aliphatic carbocycles. The second-order valence-electron chi connectivity index (χ2n) is 5.03. The number of aliphatic hydroxyl groups excluding tert-OH is 1. The van der Waals surface area contributed by atoms with Gasteiger partial charge in [-0.3, -0.25) is 0 Å². The number of aryl methyl sites for hydroxylation is 1. The van der Waals surface area contributed by atoms with Gasteiger partial charge in [-0.2, -0.15) is 4.31 Å². The normalized spacial score (nSPS) is 19.5. The molecule has 1 aromatic carbocycles. The van der Waals surface area contributed by atoms with Gasteiger partial charge in [0.05, 0.1) is 16.4 Å². The van der Waals surface area contributed by atoms with Crippen molar-refractivity contribution in [3.63, 3.8) is 0 Å². The van der Waals surface area contributed by atoms with Gasteiger partial charge in [0.2, 0.25) is 10.0 Å². The molecule has 0 atom stereocenters. The van der Waals surface area contributed by atoms with Crippen molar-refractivity contribution in [2.75, 3.05) is 31.2 Å². The Kier molecular flexibility index (Phi) is 5.03. The molecule has 1 aliphatic rings. The van der Waals surface area contributed by atoms with Crippen molar-refractivity contribution >= 4 is 19.9 Å². The van der Waals surface area contributed by atoms with E-state index in [0.717, 1.165) is 5.56 Å². The molecule has 1 aliphatic heterocycles. The van der Waals surface area contributed by atoms with E-state index >= 15 is 0 Å². The molecule has 0 spiro atoms. The van der Waals surface area contributed by atoms with Crippen LogP contribution in [0.2, 0.25) is 0 Å². The number of sulfone groups is 1. The monoisotopic (exact) mass is 333 g/mol. The summed E-state index contributed by atoms with van der Waals surface area (Å²) in [5.74, 6) is -0.248. The topological polar surface area (TPSA) is 91.8 Å². The average Bonchev–Trinajstić information content (AvgIpc) is 2.45. The second-order valence-corrected chi connectivity index (χ2v) is 9.27. The molecule has 1 heterocycles. The third-order valence-corrected chi connectivity index (χ3v) is 7.01. The van der Waals surface area contributed by atoms with Crippen LogP contribution in [0.5, 0.6) is 0 Å². The number of aliphatic hydroxyl groups is 1. The first-order valence-corrected chi connectivity index (χ1v) is 10.0. The van der Waals surface area contributed by atoms with E-state index in [2.05, 4.69) is 0 Å².